The van der Waals surface area contributed by atoms with Gasteiger partial charge in [-0.2, -0.15) is 0 Å². The highest BCUT2D eigenvalue weighted by atomic mass is 16.6. The highest BCUT2D eigenvalue weighted by molar-refractivity contribution is 5.92. The van der Waals surface area contributed by atoms with Crippen LogP contribution in [-0.4, -0.2) is 27.5 Å². The molecule has 0 aliphatic rings. The lowest BCUT2D eigenvalue weighted by Crippen LogP contribution is -2.18. The van der Waals surface area contributed by atoms with Crippen molar-refractivity contribution in [3.05, 3.63) is 58.9 Å². The molecule has 24 heavy (non-hydrogen) atoms. The summed E-state index contributed by atoms with van der Waals surface area (Å²) in [6, 6.07) is 9.63. The Morgan fingerprint density at radius 2 is 2.17 bits per heavy atom. The molecule has 0 saturated heterocycles. The number of rotatable bonds is 5. The molecule has 8 nitrogen and oxygen atoms in total. The highest BCUT2D eigenvalue weighted by Gasteiger charge is 2.11. The predicted octanol–water partition coefficient (Wildman–Crippen LogP) is 2.59. The molecule has 122 valence electrons. The second-order valence-electron chi connectivity index (χ2n) is 5.08. The van der Waals surface area contributed by atoms with E-state index in [0.29, 0.717) is 17.0 Å². The Kier molecular flexibility index (Phi) is 4.11. The van der Waals surface area contributed by atoms with Gasteiger partial charge < -0.3 is 14.6 Å². The summed E-state index contributed by atoms with van der Waals surface area (Å²) in [7, 11) is 1.52. The Morgan fingerprint density at radius 3 is 2.83 bits per heavy atom. The number of nitro groups is 1. The van der Waals surface area contributed by atoms with Gasteiger partial charge in [0.15, 0.2) is 0 Å². The monoisotopic (exact) mass is 326 g/mol. The minimum absolute atomic E-state index is 0.0222. The Balaban J connectivity index is 1.74. The average molecular weight is 326 g/mol. The second-order valence-corrected chi connectivity index (χ2v) is 5.08. The summed E-state index contributed by atoms with van der Waals surface area (Å²) >= 11 is 0. The zero-order valence-corrected chi connectivity index (χ0v) is 12.8. The summed E-state index contributed by atoms with van der Waals surface area (Å²) in [4.78, 5) is 26.5. The maximum atomic E-state index is 12.2. The number of pyridine rings is 1. The third-order valence-corrected chi connectivity index (χ3v) is 3.51. The molecule has 0 atom stereocenters. The number of ether oxygens (including phenoxy) is 1. The van der Waals surface area contributed by atoms with Crippen molar-refractivity contribution in [2.24, 2.45) is 0 Å². The molecule has 0 aliphatic heterocycles. The standard InChI is InChI=1S/C16H14N4O4/c1-24-16-5-2-12(9-17-16)18-15(21)10-19-7-6-11-8-13(20(22)23)3-4-14(11)19/h2-9H,10H2,1H3,(H,18,21). The van der Waals surface area contributed by atoms with Crippen molar-refractivity contribution >= 4 is 28.2 Å². The van der Waals surface area contributed by atoms with Gasteiger partial charge >= 0.3 is 0 Å². The molecule has 1 N–H and O–H groups in total. The highest BCUT2D eigenvalue weighted by Crippen LogP contribution is 2.22. The maximum absolute atomic E-state index is 12.2. The van der Waals surface area contributed by atoms with Crippen LogP contribution in [0.1, 0.15) is 0 Å². The summed E-state index contributed by atoms with van der Waals surface area (Å²) in [5, 5.41) is 14.2. The zero-order chi connectivity index (χ0) is 17.1. The van der Waals surface area contributed by atoms with Crippen molar-refractivity contribution in [2.75, 3.05) is 12.4 Å². The van der Waals surface area contributed by atoms with E-state index in [2.05, 4.69) is 10.3 Å². The van der Waals surface area contributed by atoms with E-state index in [9.17, 15) is 14.9 Å². The summed E-state index contributed by atoms with van der Waals surface area (Å²) in [5.74, 6) is 0.240. The number of hydrogen-bond acceptors (Lipinski definition) is 5. The Labute approximate surface area is 136 Å². The van der Waals surface area contributed by atoms with Crippen molar-refractivity contribution in [3.63, 3.8) is 0 Å². The first-order chi connectivity index (χ1) is 11.6. The van der Waals surface area contributed by atoms with E-state index < -0.39 is 4.92 Å². The quantitative estimate of drug-likeness (QED) is 0.574. The molecule has 0 unspecified atom stereocenters. The second kappa shape index (κ2) is 6.37. The minimum Gasteiger partial charge on any atom is -0.481 e. The number of non-ortho nitro benzene ring substituents is 1. The van der Waals surface area contributed by atoms with Crippen molar-refractivity contribution in [1.29, 1.82) is 0 Å². The first kappa shape index (κ1) is 15.5. The molecular formula is C16H14N4O4. The summed E-state index contributed by atoms with van der Waals surface area (Å²) in [6.07, 6.45) is 3.23. The maximum Gasteiger partial charge on any atom is 0.270 e. The number of anilines is 1. The third-order valence-electron chi connectivity index (χ3n) is 3.51. The van der Waals surface area contributed by atoms with Crippen molar-refractivity contribution < 1.29 is 14.5 Å². The molecule has 3 aromatic rings. The zero-order valence-electron chi connectivity index (χ0n) is 12.8. The Morgan fingerprint density at radius 1 is 1.33 bits per heavy atom. The van der Waals surface area contributed by atoms with Crippen LogP contribution in [0.2, 0.25) is 0 Å². The molecule has 2 heterocycles. The fourth-order valence-corrected chi connectivity index (χ4v) is 2.37. The Bertz CT molecular complexity index is 902. The number of nitrogens with one attached hydrogen (secondary N) is 1. The average Bonchev–Trinajstić information content (AvgIpc) is 2.97. The molecular weight excluding hydrogens is 312 g/mol. The SMILES string of the molecule is COc1ccc(NC(=O)Cn2ccc3cc([N+](=O)[O-])ccc32)cn1. The van der Waals surface area contributed by atoms with E-state index >= 15 is 0 Å². The van der Waals surface area contributed by atoms with Crippen LogP contribution in [-0.2, 0) is 11.3 Å². The lowest BCUT2D eigenvalue weighted by molar-refractivity contribution is -0.384. The van der Waals surface area contributed by atoms with Crippen LogP contribution in [0, 0.1) is 10.1 Å². The molecule has 0 radical (unpaired) electrons. The van der Waals surface area contributed by atoms with Crippen LogP contribution in [0.5, 0.6) is 5.88 Å². The minimum atomic E-state index is -0.444. The van der Waals surface area contributed by atoms with Crippen LogP contribution in [0.15, 0.2) is 48.8 Å². The normalized spacial score (nSPS) is 10.5. The van der Waals surface area contributed by atoms with Crippen LogP contribution >= 0.6 is 0 Å². The number of aromatic nitrogens is 2. The number of nitrogens with zero attached hydrogens (tertiary/aromatic N) is 3. The molecule has 0 saturated carbocycles. The molecule has 8 heteroatoms. The number of nitro benzene ring substituents is 1. The number of fused-ring (bicyclic) bond motifs is 1. The van der Waals surface area contributed by atoms with Gasteiger partial charge in [0.1, 0.15) is 6.54 Å². The number of amides is 1. The first-order valence-corrected chi connectivity index (χ1v) is 7.10. The molecule has 0 spiro atoms. The molecule has 0 fully saturated rings. The van der Waals surface area contributed by atoms with Crippen molar-refractivity contribution in [1.82, 2.24) is 9.55 Å². The summed E-state index contributed by atoms with van der Waals surface area (Å²) < 4.78 is 6.69. The van der Waals surface area contributed by atoms with Crippen LogP contribution in [0.3, 0.4) is 0 Å². The Hall–Kier alpha value is -3.42. The van der Waals surface area contributed by atoms with E-state index in [-0.39, 0.29) is 18.1 Å². The number of methoxy groups -OCH3 is 1. The van der Waals surface area contributed by atoms with Crippen molar-refractivity contribution in [2.45, 2.75) is 6.54 Å². The number of carbonyl (C=O) groups is 1. The van der Waals surface area contributed by atoms with Gasteiger partial charge in [0, 0.05) is 35.3 Å². The first-order valence-electron chi connectivity index (χ1n) is 7.10. The molecule has 1 amide bonds. The van der Waals surface area contributed by atoms with Crippen LogP contribution < -0.4 is 10.1 Å². The lowest BCUT2D eigenvalue weighted by Gasteiger charge is -2.07. The number of carbonyl (C=O) groups excluding carboxylic acids is 1. The molecule has 1 aromatic carbocycles. The number of benzene rings is 1. The molecule has 3 rings (SSSR count). The van der Waals surface area contributed by atoms with Gasteiger partial charge in [0.05, 0.1) is 23.9 Å². The smallest absolute Gasteiger partial charge is 0.270 e. The fraction of sp³-hybridized carbons (Fsp3) is 0.125. The topological polar surface area (TPSA) is 99.3 Å². The largest absolute Gasteiger partial charge is 0.481 e. The van der Waals surface area contributed by atoms with Gasteiger partial charge in [-0.25, -0.2) is 4.98 Å². The predicted molar refractivity (Wildman–Crippen MR) is 88.0 cm³/mol. The number of hydrogen-bond donors (Lipinski definition) is 1. The third kappa shape index (κ3) is 3.17. The van der Waals surface area contributed by atoms with E-state index in [1.54, 1.807) is 35.0 Å². The summed E-state index contributed by atoms with van der Waals surface area (Å²) in [5.41, 5.74) is 1.34. The van der Waals surface area contributed by atoms with E-state index in [1.165, 1.54) is 25.4 Å². The van der Waals surface area contributed by atoms with Gasteiger partial charge in [-0.3, -0.25) is 14.9 Å². The van der Waals surface area contributed by atoms with Crippen molar-refractivity contribution in [3.8, 4) is 5.88 Å². The van der Waals surface area contributed by atoms with Crippen LogP contribution in [0.4, 0.5) is 11.4 Å². The van der Waals surface area contributed by atoms with E-state index in [0.717, 1.165) is 5.52 Å². The lowest BCUT2D eigenvalue weighted by atomic mass is 10.2. The van der Waals surface area contributed by atoms with Gasteiger partial charge in [0.25, 0.3) is 5.69 Å². The van der Waals surface area contributed by atoms with Gasteiger partial charge in [-0.1, -0.05) is 0 Å². The van der Waals surface area contributed by atoms with Gasteiger partial charge in [-0.05, 0) is 18.2 Å². The molecule has 2 aromatic heterocycles. The fourth-order valence-electron chi connectivity index (χ4n) is 2.37. The van der Waals surface area contributed by atoms with Crippen LogP contribution in [0.25, 0.3) is 10.9 Å². The van der Waals surface area contributed by atoms with E-state index in [4.69, 9.17) is 4.74 Å². The molecule has 0 aliphatic carbocycles. The molecule has 0 bridgehead atoms. The van der Waals surface area contributed by atoms with E-state index in [1.807, 2.05) is 0 Å². The van der Waals surface area contributed by atoms with Gasteiger partial charge in [0.2, 0.25) is 11.8 Å². The van der Waals surface area contributed by atoms with Gasteiger partial charge in [-0.15, -0.1) is 0 Å². The summed E-state index contributed by atoms with van der Waals surface area (Å²) in [6.45, 7) is 0.0906.